The summed E-state index contributed by atoms with van der Waals surface area (Å²) in [6.07, 6.45) is 4.93. The van der Waals surface area contributed by atoms with Gasteiger partial charge in [0.1, 0.15) is 10.3 Å². The number of nitrogens with one attached hydrogen (secondary N) is 1. The maximum atomic E-state index is 12.0. The second-order valence-electron chi connectivity index (χ2n) is 4.10. The molecule has 0 saturated heterocycles. The second-order valence-corrected chi connectivity index (χ2v) is 4.89. The van der Waals surface area contributed by atoms with Gasteiger partial charge in [0.15, 0.2) is 0 Å². The van der Waals surface area contributed by atoms with Crippen LogP contribution in [0.2, 0.25) is 0 Å². The second kappa shape index (κ2) is 6.42. The van der Waals surface area contributed by atoms with Gasteiger partial charge in [-0.1, -0.05) is 6.08 Å². The van der Waals surface area contributed by atoms with Crippen molar-refractivity contribution in [3.8, 4) is 0 Å². The Bertz CT molecular complexity index is 683. The first kappa shape index (κ1) is 14.4. The van der Waals surface area contributed by atoms with Gasteiger partial charge in [-0.25, -0.2) is 14.6 Å². The molecule has 2 aromatic heterocycles. The quantitative estimate of drug-likeness (QED) is 0.845. The van der Waals surface area contributed by atoms with Crippen molar-refractivity contribution < 1.29 is 0 Å². The van der Waals surface area contributed by atoms with Crippen LogP contribution in [0.5, 0.6) is 0 Å². The molecule has 104 valence electrons. The van der Waals surface area contributed by atoms with Gasteiger partial charge in [0.05, 0.1) is 30.7 Å². The minimum absolute atomic E-state index is 0.200. The molecule has 7 heteroatoms. The summed E-state index contributed by atoms with van der Waals surface area (Å²) in [5.74, 6) is 0.711. The van der Waals surface area contributed by atoms with Crippen LogP contribution in [-0.4, -0.2) is 19.7 Å². The Labute approximate surface area is 124 Å². The predicted molar refractivity (Wildman–Crippen MR) is 80.5 cm³/mol. The monoisotopic (exact) mass is 335 g/mol. The Hall–Kier alpha value is -2.02. The molecule has 0 aliphatic rings. The maximum Gasteiger partial charge on any atom is 0.283 e. The van der Waals surface area contributed by atoms with Crippen LogP contribution in [0.3, 0.4) is 0 Å². The molecule has 0 atom stereocenters. The van der Waals surface area contributed by atoms with Crippen LogP contribution in [0, 0.1) is 6.92 Å². The maximum absolute atomic E-state index is 12.0. The van der Waals surface area contributed by atoms with Crippen LogP contribution in [-0.2, 0) is 13.1 Å². The molecule has 0 saturated carbocycles. The first-order chi connectivity index (χ1) is 9.61. The zero-order valence-electron chi connectivity index (χ0n) is 11.0. The molecule has 2 heterocycles. The van der Waals surface area contributed by atoms with E-state index in [4.69, 9.17) is 0 Å². The molecule has 20 heavy (non-hydrogen) atoms. The van der Waals surface area contributed by atoms with Crippen molar-refractivity contribution >= 4 is 21.6 Å². The fraction of sp³-hybridized carbons (Fsp3) is 0.231. The summed E-state index contributed by atoms with van der Waals surface area (Å²) in [6, 6.07) is 1.82. The topological polar surface area (TPSA) is 72.7 Å². The number of anilines is 1. The largest absolute Gasteiger partial charge is 0.377 e. The van der Waals surface area contributed by atoms with E-state index >= 15 is 0 Å². The molecule has 1 N–H and O–H groups in total. The molecule has 0 amide bonds. The fourth-order valence-electron chi connectivity index (χ4n) is 1.63. The van der Waals surface area contributed by atoms with Crippen LogP contribution in [0.4, 0.5) is 5.69 Å². The lowest BCUT2D eigenvalue weighted by Crippen LogP contribution is -2.24. The van der Waals surface area contributed by atoms with Gasteiger partial charge in [0.2, 0.25) is 0 Å². The molecule has 6 nitrogen and oxygen atoms in total. The minimum Gasteiger partial charge on any atom is -0.377 e. The van der Waals surface area contributed by atoms with E-state index in [1.165, 1.54) is 4.68 Å². The standard InChI is InChI=1S/C13H14BrN5O/c1-3-6-19-13(20)12(14)11(8-17-19)16-7-10-4-5-15-9(2)18-10/h3-5,8,16H,1,6-7H2,2H3. The molecule has 0 aliphatic carbocycles. The van der Waals surface area contributed by atoms with Gasteiger partial charge in [0, 0.05) is 6.20 Å². The van der Waals surface area contributed by atoms with Gasteiger partial charge in [-0.2, -0.15) is 5.10 Å². The molecule has 2 rings (SSSR count). The van der Waals surface area contributed by atoms with Crippen LogP contribution in [0.25, 0.3) is 0 Å². The minimum atomic E-state index is -0.200. The lowest BCUT2D eigenvalue weighted by atomic mass is 10.3. The lowest BCUT2D eigenvalue weighted by Gasteiger charge is -2.09. The number of rotatable bonds is 5. The summed E-state index contributed by atoms with van der Waals surface area (Å²) in [7, 11) is 0. The van der Waals surface area contributed by atoms with E-state index < -0.39 is 0 Å². The Morgan fingerprint density at radius 2 is 2.35 bits per heavy atom. The lowest BCUT2D eigenvalue weighted by molar-refractivity contribution is 0.648. The normalized spacial score (nSPS) is 10.3. The summed E-state index contributed by atoms with van der Waals surface area (Å²) < 4.78 is 1.78. The third-order valence-corrected chi connectivity index (χ3v) is 3.35. The van der Waals surface area contributed by atoms with Crippen molar-refractivity contribution in [2.45, 2.75) is 20.0 Å². The van der Waals surface area contributed by atoms with Gasteiger partial charge in [-0.15, -0.1) is 6.58 Å². The number of aromatic nitrogens is 4. The SMILES string of the molecule is C=CCn1ncc(NCc2ccnc(C)n2)c(Br)c1=O. The number of aryl methyl sites for hydroxylation is 1. The highest BCUT2D eigenvalue weighted by Crippen LogP contribution is 2.16. The Kier molecular flexibility index (Phi) is 4.62. The zero-order valence-corrected chi connectivity index (χ0v) is 12.6. The Morgan fingerprint density at radius 3 is 3.05 bits per heavy atom. The van der Waals surface area contributed by atoms with E-state index in [0.29, 0.717) is 29.1 Å². The Morgan fingerprint density at radius 1 is 1.55 bits per heavy atom. The van der Waals surface area contributed by atoms with Crippen molar-refractivity contribution in [2.75, 3.05) is 5.32 Å². The smallest absolute Gasteiger partial charge is 0.283 e. The average Bonchev–Trinajstić information content (AvgIpc) is 2.43. The van der Waals surface area contributed by atoms with Crippen LogP contribution in [0.1, 0.15) is 11.5 Å². The van der Waals surface area contributed by atoms with Gasteiger partial charge in [0.25, 0.3) is 5.56 Å². The van der Waals surface area contributed by atoms with Gasteiger partial charge in [-0.05, 0) is 28.9 Å². The van der Waals surface area contributed by atoms with Crippen LogP contribution < -0.4 is 10.9 Å². The zero-order chi connectivity index (χ0) is 14.5. The van der Waals surface area contributed by atoms with E-state index in [0.717, 1.165) is 5.69 Å². The molecule has 0 radical (unpaired) electrons. The first-order valence-electron chi connectivity index (χ1n) is 6.00. The van der Waals surface area contributed by atoms with Gasteiger partial charge < -0.3 is 5.32 Å². The molecular weight excluding hydrogens is 322 g/mol. The predicted octanol–water partition coefficient (Wildman–Crippen LogP) is 1.90. The Balaban J connectivity index is 2.16. The summed E-state index contributed by atoms with van der Waals surface area (Å²) >= 11 is 3.29. The number of hydrogen-bond acceptors (Lipinski definition) is 5. The summed E-state index contributed by atoms with van der Waals surface area (Å²) in [6.45, 7) is 6.29. The van der Waals surface area contributed by atoms with Gasteiger partial charge in [-0.3, -0.25) is 4.79 Å². The fourth-order valence-corrected chi connectivity index (χ4v) is 2.08. The average molecular weight is 336 g/mol. The highest BCUT2D eigenvalue weighted by atomic mass is 79.9. The van der Waals surface area contributed by atoms with E-state index in [1.54, 1.807) is 18.5 Å². The highest BCUT2D eigenvalue weighted by Gasteiger charge is 2.08. The van der Waals surface area contributed by atoms with Crippen molar-refractivity contribution in [3.63, 3.8) is 0 Å². The van der Waals surface area contributed by atoms with Crippen molar-refractivity contribution in [1.82, 2.24) is 19.7 Å². The highest BCUT2D eigenvalue weighted by molar-refractivity contribution is 9.10. The molecule has 0 unspecified atom stereocenters. The van der Waals surface area contributed by atoms with E-state index in [2.05, 4.69) is 42.9 Å². The third-order valence-electron chi connectivity index (χ3n) is 2.58. The van der Waals surface area contributed by atoms with Crippen LogP contribution >= 0.6 is 15.9 Å². The molecule has 2 aromatic rings. The van der Waals surface area contributed by atoms with E-state index in [9.17, 15) is 4.79 Å². The van der Waals surface area contributed by atoms with Crippen molar-refractivity contribution in [1.29, 1.82) is 0 Å². The third kappa shape index (κ3) is 3.30. The molecule has 0 spiro atoms. The van der Waals surface area contributed by atoms with E-state index in [1.807, 2.05) is 13.0 Å². The van der Waals surface area contributed by atoms with E-state index in [-0.39, 0.29) is 5.56 Å². The number of hydrogen-bond donors (Lipinski definition) is 1. The number of nitrogens with zero attached hydrogens (tertiary/aromatic N) is 4. The van der Waals surface area contributed by atoms with Crippen molar-refractivity contribution in [3.05, 3.63) is 57.5 Å². The van der Waals surface area contributed by atoms with Crippen molar-refractivity contribution in [2.24, 2.45) is 0 Å². The summed E-state index contributed by atoms with van der Waals surface area (Å²) in [5, 5.41) is 7.19. The molecular formula is C13H14BrN5O. The van der Waals surface area contributed by atoms with Crippen LogP contribution in [0.15, 0.2) is 40.4 Å². The molecule has 0 aliphatic heterocycles. The molecule has 0 aromatic carbocycles. The molecule has 0 bridgehead atoms. The van der Waals surface area contributed by atoms with Gasteiger partial charge >= 0.3 is 0 Å². The summed E-state index contributed by atoms with van der Waals surface area (Å²) in [4.78, 5) is 20.3. The number of allylic oxidation sites excluding steroid dienone is 1. The first-order valence-corrected chi connectivity index (χ1v) is 6.80. The number of halogens is 1. The summed E-state index contributed by atoms with van der Waals surface area (Å²) in [5.41, 5.74) is 1.28. The molecule has 0 fully saturated rings.